The lowest BCUT2D eigenvalue weighted by Crippen LogP contribution is -2.46. The third-order valence-electron chi connectivity index (χ3n) is 3.67. The van der Waals surface area contributed by atoms with Gasteiger partial charge in [-0.25, -0.2) is 4.98 Å². The van der Waals surface area contributed by atoms with E-state index in [2.05, 4.69) is 26.7 Å². The van der Waals surface area contributed by atoms with Crippen molar-refractivity contribution in [2.75, 3.05) is 19.6 Å². The first-order chi connectivity index (χ1) is 9.20. The summed E-state index contributed by atoms with van der Waals surface area (Å²) in [5, 5.41) is 3.34. The molecule has 0 aliphatic carbocycles. The molecule has 1 aliphatic rings. The van der Waals surface area contributed by atoms with Crippen LogP contribution in [-0.2, 0) is 17.9 Å². The average Bonchev–Trinajstić information content (AvgIpc) is 2.86. The Morgan fingerprint density at radius 3 is 2.95 bits per heavy atom. The van der Waals surface area contributed by atoms with Gasteiger partial charge in [-0.15, -0.1) is 0 Å². The molecule has 1 amide bonds. The van der Waals surface area contributed by atoms with Gasteiger partial charge >= 0.3 is 0 Å². The molecule has 0 spiro atoms. The molecule has 19 heavy (non-hydrogen) atoms. The monoisotopic (exact) mass is 265 g/mol. The van der Waals surface area contributed by atoms with Crippen molar-refractivity contribution >= 4 is 5.91 Å². The van der Waals surface area contributed by atoms with Gasteiger partial charge in [-0.3, -0.25) is 9.69 Å². The number of hydrogen-bond acceptors (Lipinski definition) is 4. The number of nitrogens with two attached hydrogens (primary N) is 1. The topological polar surface area (TPSA) is 76.2 Å². The minimum Gasteiger partial charge on any atom is -0.369 e. The van der Waals surface area contributed by atoms with Crippen LogP contribution in [0.3, 0.4) is 0 Å². The molecule has 1 saturated heterocycles. The van der Waals surface area contributed by atoms with E-state index in [1.807, 2.05) is 12.4 Å². The van der Waals surface area contributed by atoms with Gasteiger partial charge in [0.05, 0.1) is 13.1 Å². The summed E-state index contributed by atoms with van der Waals surface area (Å²) in [4.78, 5) is 17.8. The minimum absolute atomic E-state index is 0.270. The average molecular weight is 265 g/mol. The van der Waals surface area contributed by atoms with Gasteiger partial charge < -0.3 is 15.6 Å². The number of imidazole rings is 1. The van der Waals surface area contributed by atoms with Crippen LogP contribution in [0.2, 0.25) is 0 Å². The molecule has 0 aromatic carbocycles. The quantitative estimate of drug-likeness (QED) is 0.755. The summed E-state index contributed by atoms with van der Waals surface area (Å²) in [5.74, 6) is 0.732. The van der Waals surface area contributed by atoms with Crippen molar-refractivity contribution in [3.05, 3.63) is 18.2 Å². The zero-order valence-electron chi connectivity index (χ0n) is 11.5. The zero-order valence-corrected chi connectivity index (χ0v) is 11.5. The van der Waals surface area contributed by atoms with Crippen LogP contribution in [0, 0.1) is 0 Å². The first-order valence-electron chi connectivity index (χ1n) is 6.93. The van der Waals surface area contributed by atoms with E-state index in [1.54, 1.807) is 0 Å². The SMILES string of the molecule is CCn1ccnc1CN(CC(N)=O)C1CCNCC1. The molecule has 6 heteroatoms. The molecule has 0 unspecified atom stereocenters. The Balaban J connectivity index is 2.06. The smallest absolute Gasteiger partial charge is 0.231 e. The van der Waals surface area contributed by atoms with E-state index in [0.717, 1.165) is 38.3 Å². The lowest BCUT2D eigenvalue weighted by atomic mass is 10.0. The third kappa shape index (κ3) is 3.78. The molecule has 0 saturated carbocycles. The number of aryl methyl sites for hydroxylation is 1. The Morgan fingerprint density at radius 1 is 1.58 bits per heavy atom. The molecular weight excluding hydrogens is 242 g/mol. The number of nitrogens with zero attached hydrogens (tertiary/aromatic N) is 3. The number of amides is 1. The van der Waals surface area contributed by atoms with E-state index in [1.165, 1.54) is 0 Å². The predicted octanol–water partition coefficient (Wildman–Crippen LogP) is -0.0577. The second-order valence-corrected chi connectivity index (χ2v) is 4.98. The van der Waals surface area contributed by atoms with Crippen LogP contribution >= 0.6 is 0 Å². The summed E-state index contributed by atoms with van der Waals surface area (Å²) in [7, 11) is 0. The second kappa shape index (κ2) is 6.68. The summed E-state index contributed by atoms with van der Waals surface area (Å²) in [6, 6.07) is 0.413. The molecule has 6 nitrogen and oxygen atoms in total. The highest BCUT2D eigenvalue weighted by Gasteiger charge is 2.23. The van der Waals surface area contributed by atoms with Crippen molar-refractivity contribution in [1.29, 1.82) is 0 Å². The number of carbonyl (C=O) groups excluding carboxylic acids is 1. The summed E-state index contributed by atoms with van der Waals surface area (Å²) in [5.41, 5.74) is 5.38. The van der Waals surface area contributed by atoms with Crippen molar-refractivity contribution in [2.24, 2.45) is 5.73 Å². The molecule has 2 heterocycles. The number of nitrogens with one attached hydrogen (secondary N) is 1. The maximum absolute atomic E-state index is 11.3. The Hall–Kier alpha value is -1.40. The van der Waals surface area contributed by atoms with Crippen molar-refractivity contribution in [3.8, 4) is 0 Å². The molecule has 1 aromatic heterocycles. The van der Waals surface area contributed by atoms with E-state index in [-0.39, 0.29) is 5.91 Å². The van der Waals surface area contributed by atoms with E-state index in [0.29, 0.717) is 19.1 Å². The van der Waals surface area contributed by atoms with E-state index in [4.69, 9.17) is 5.73 Å². The summed E-state index contributed by atoms with van der Waals surface area (Å²) < 4.78 is 2.11. The highest BCUT2D eigenvalue weighted by Crippen LogP contribution is 2.14. The number of aromatic nitrogens is 2. The van der Waals surface area contributed by atoms with E-state index in [9.17, 15) is 4.79 Å². The first kappa shape index (κ1) is 14.0. The molecular formula is C13H23N5O. The molecule has 106 valence electrons. The number of rotatable bonds is 6. The Bertz CT molecular complexity index is 411. The van der Waals surface area contributed by atoms with Crippen LogP contribution in [0.5, 0.6) is 0 Å². The van der Waals surface area contributed by atoms with Gasteiger partial charge in [0.15, 0.2) is 0 Å². The van der Waals surface area contributed by atoms with Gasteiger partial charge in [0.1, 0.15) is 5.82 Å². The van der Waals surface area contributed by atoms with Crippen LogP contribution in [0.1, 0.15) is 25.6 Å². The first-order valence-corrected chi connectivity index (χ1v) is 6.93. The predicted molar refractivity (Wildman–Crippen MR) is 73.4 cm³/mol. The molecule has 0 atom stereocenters. The Kier molecular flexibility index (Phi) is 4.93. The molecule has 1 fully saturated rings. The van der Waals surface area contributed by atoms with Gasteiger partial charge in [0.25, 0.3) is 0 Å². The van der Waals surface area contributed by atoms with Crippen LogP contribution in [0.15, 0.2) is 12.4 Å². The zero-order chi connectivity index (χ0) is 13.7. The fourth-order valence-corrected chi connectivity index (χ4v) is 2.65. The van der Waals surface area contributed by atoms with Gasteiger partial charge in [0, 0.05) is 25.0 Å². The van der Waals surface area contributed by atoms with Gasteiger partial charge in [-0.2, -0.15) is 0 Å². The summed E-state index contributed by atoms with van der Waals surface area (Å²) >= 11 is 0. The van der Waals surface area contributed by atoms with Gasteiger partial charge in [-0.1, -0.05) is 0 Å². The maximum Gasteiger partial charge on any atom is 0.231 e. The second-order valence-electron chi connectivity index (χ2n) is 4.98. The normalized spacial score (nSPS) is 16.9. The fraction of sp³-hybridized carbons (Fsp3) is 0.692. The van der Waals surface area contributed by atoms with Gasteiger partial charge in [0.2, 0.25) is 5.91 Å². The van der Waals surface area contributed by atoms with Crippen molar-refractivity contribution in [2.45, 2.75) is 38.9 Å². The highest BCUT2D eigenvalue weighted by atomic mass is 16.1. The largest absolute Gasteiger partial charge is 0.369 e. The molecule has 0 bridgehead atoms. The lowest BCUT2D eigenvalue weighted by Gasteiger charge is -2.33. The lowest BCUT2D eigenvalue weighted by molar-refractivity contribution is -0.120. The fourth-order valence-electron chi connectivity index (χ4n) is 2.65. The van der Waals surface area contributed by atoms with Gasteiger partial charge in [-0.05, 0) is 32.9 Å². The van der Waals surface area contributed by atoms with Crippen LogP contribution in [0.4, 0.5) is 0 Å². The number of piperidine rings is 1. The molecule has 1 aliphatic heterocycles. The maximum atomic E-state index is 11.3. The Labute approximate surface area is 114 Å². The third-order valence-corrected chi connectivity index (χ3v) is 3.67. The van der Waals surface area contributed by atoms with E-state index < -0.39 is 0 Å². The standard InChI is InChI=1S/C13H23N5O/c1-2-17-8-7-16-13(17)10-18(9-12(14)19)11-3-5-15-6-4-11/h7-8,11,15H,2-6,9-10H2,1H3,(H2,14,19). The number of hydrogen-bond donors (Lipinski definition) is 2. The van der Waals surface area contributed by atoms with Crippen molar-refractivity contribution < 1.29 is 4.79 Å². The van der Waals surface area contributed by atoms with Crippen molar-refractivity contribution in [1.82, 2.24) is 19.8 Å². The number of carbonyl (C=O) groups is 1. The Morgan fingerprint density at radius 2 is 2.32 bits per heavy atom. The minimum atomic E-state index is -0.270. The summed E-state index contributed by atoms with van der Waals surface area (Å²) in [6.45, 7) is 5.99. The molecule has 0 radical (unpaired) electrons. The van der Waals surface area contributed by atoms with Crippen LogP contribution < -0.4 is 11.1 Å². The van der Waals surface area contributed by atoms with Crippen LogP contribution in [0.25, 0.3) is 0 Å². The molecule has 3 N–H and O–H groups in total. The van der Waals surface area contributed by atoms with Crippen molar-refractivity contribution in [3.63, 3.8) is 0 Å². The van der Waals surface area contributed by atoms with Crippen LogP contribution in [-0.4, -0.2) is 46.0 Å². The summed E-state index contributed by atoms with van der Waals surface area (Å²) in [6.07, 6.45) is 5.89. The molecule has 1 aromatic rings. The molecule has 2 rings (SSSR count). The highest BCUT2D eigenvalue weighted by molar-refractivity contribution is 5.75. The van der Waals surface area contributed by atoms with E-state index >= 15 is 0 Å². The number of primary amides is 1.